The molecule has 0 spiro atoms. The van der Waals surface area contributed by atoms with Gasteiger partial charge in [0.15, 0.2) is 11.3 Å². The Morgan fingerprint density at radius 3 is 2.34 bits per heavy atom. The number of hydrogen-bond donors (Lipinski definition) is 1. The third-order valence-corrected chi connectivity index (χ3v) is 4.96. The van der Waals surface area contributed by atoms with E-state index < -0.39 is 12.0 Å². The summed E-state index contributed by atoms with van der Waals surface area (Å²) in [6, 6.07) is 15.8. The number of hydrogen-bond acceptors (Lipinski definition) is 10. The first-order chi connectivity index (χ1) is 17.4. The summed E-state index contributed by atoms with van der Waals surface area (Å²) in [6.07, 6.45) is 2.52. The monoisotopic (exact) mass is 748 g/mol. The van der Waals surface area contributed by atoms with Gasteiger partial charge in [-0.2, -0.15) is 15.2 Å². The molecule has 38 heavy (non-hydrogen) atoms. The number of benzene rings is 1. The van der Waals surface area contributed by atoms with Crippen LogP contribution in [-0.4, -0.2) is 36.1 Å². The molecule has 0 amide bonds. The van der Waals surface area contributed by atoms with E-state index in [1.165, 1.54) is 23.1 Å². The van der Waals surface area contributed by atoms with Gasteiger partial charge in [-0.05, 0) is 48.1 Å². The van der Waals surface area contributed by atoms with E-state index in [9.17, 15) is 9.65 Å². The number of carbonyl (C=O) groups is 1. The Balaban J connectivity index is 0.000000791. The Morgan fingerprint density at radius 2 is 1.68 bits per heavy atom. The van der Waals surface area contributed by atoms with Crippen LogP contribution < -0.4 is 154 Å². The van der Waals surface area contributed by atoms with Crippen molar-refractivity contribution >= 4 is 23.0 Å². The summed E-state index contributed by atoms with van der Waals surface area (Å²) >= 11 is 0. The predicted octanol–water partition coefficient (Wildman–Crippen LogP) is -4.85. The zero-order valence-electron chi connectivity index (χ0n) is 20.4. The van der Waals surface area contributed by atoms with Crippen molar-refractivity contribution in [1.29, 1.82) is 5.26 Å². The molecule has 0 radical (unpaired) electrons. The summed E-state index contributed by atoms with van der Waals surface area (Å²) in [5.74, 6) is -0.258. The van der Waals surface area contributed by atoms with Gasteiger partial charge in [0.05, 0.1) is 23.0 Å². The van der Waals surface area contributed by atoms with Gasteiger partial charge in [-0.1, -0.05) is 12.1 Å². The first kappa shape index (κ1) is 32.9. The van der Waals surface area contributed by atoms with Crippen LogP contribution in [0.2, 0.25) is 0 Å². The molecular formula is C24H15Cs2FN8O3. The smallest absolute Gasteiger partial charge is 0.652 e. The third-order valence-electron chi connectivity index (χ3n) is 4.96. The number of nitrogens with zero attached hydrogens (tertiary/aromatic N) is 7. The second kappa shape index (κ2) is 15.5. The average molecular weight is 748 g/mol. The van der Waals surface area contributed by atoms with Gasteiger partial charge in [0.1, 0.15) is 17.9 Å². The molecule has 0 unspecified atom stereocenters. The molecule has 0 aliphatic heterocycles. The number of fused-ring (bicyclic) bond motifs is 1. The zero-order chi connectivity index (χ0) is 25.7. The number of nitrogens with two attached hydrogens (primary N) is 1. The first-order valence-corrected chi connectivity index (χ1v) is 10.3. The third kappa shape index (κ3) is 8.09. The van der Waals surface area contributed by atoms with Crippen molar-refractivity contribution in [2.75, 3.05) is 5.73 Å². The number of halogens is 1. The maximum Gasteiger partial charge on any atom is 1.00 e. The minimum absolute atomic E-state index is 0. The van der Waals surface area contributed by atoms with Crippen LogP contribution in [0, 0.1) is 17.1 Å². The van der Waals surface area contributed by atoms with Crippen molar-refractivity contribution in [3.05, 3.63) is 84.2 Å². The Morgan fingerprint density at radius 1 is 1.00 bits per heavy atom. The number of carboxylic acid groups (broad SMARTS) is 2. The van der Waals surface area contributed by atoms with E-state index in [1.54, 1.807) is 30.6 Å². The molecule has 0 saturated heterocycles. The molecule has 5 aromatic rings. The van der Waals surface area contributed by atoms with Crippen molar-refractivity contribution in [1.82, 2.24) is 29.9 Å². The molecule has 14 heteroatoms. The largest absolute Gasteiger partial charge is 1.00 e. The van der Waals surface area contributed by atoms with E-state index in [4.69, 9.17) is 20.7 Å². The van der Waals surface area contributed by atoms with Crippen LogP contribution in [0.25, 0.3) is 33.4 Å². The van der Waals surface area contributed by atoms with Gasteiger partial charge in [0, 0.05) is 29.7 Å². The Bertz CT molecular complexity index is 1610. The Hall–Kier alpha value is -1.34. The van der Waals surface area contributed by atoms with E-state index in [-0.39, 0.29) is 156 Å². The zero-order valence-corrected chi connectivity index (χ0v) is 32.9. The second-order valence-electron chi connectivity index (χ2n) is 7.26. The summed E-state index contributed by atoms with van der Waals surface area (Å²) < 4.78 is 14.1. The van der Waals surface area contributed by atoms with Crippen molar-refractivity contribution in [3.63, 3.8) is 0 Å². The number of nitrogen functional groups attached to an aromatic ring is 1. The van der Waals surface area contributed by atoms with E-state index >= 15 is 0 Å². The van der Waals surface area contributed by atoms with Gasteiger partial charge in [0.25, 0.3) is 0 Å². The van der Waals surface area contributed by atoms with Crippen LogP contribution in [0.3, 0.4) is 0 Å². The molecule has 0 atom stereocenters. The molecule has 4 aromatic heterocycles. The first-order valence-electron chi connectivity index (χ1n) is 10.3. The van der Waals surface area contributed by atoms with Gasteiger partial charge in [-0.15, -0.1) is 5.10 Å². The minimum atomic E-state index is -2.33. The molecule has 4 heterocycles. The van der Waals surface area contributed by atoms with Crippen LogP contribution in [0.1, 0.15) is 11.3 Å². The van der Waals surface area contributed by atoms with Gasteiger partial charge in [-0.3, -0.25) is 9.97 Å². The topological polar surface area (TPSA) is 182 Å². The van der Waals surface area contributed by atoms with Gasteiger partial charge in [-0.25, -0.2) is 9.37 Å². The molecule has 0 aliphatic rings. The molecule has 11 nitrogen and oxygen atoms in total. The van der Waals surface area contributed by atoms with Crippen molar-refractivity contribution in [3.8, 4) is 28.5 Å². The molecule has 178 valence electrons. The minimum Gasteiger partial charge on any atom is -0.652 e. The number of rotatable bonds is 4. The normalized spacial score (nSPS) is 9.79. The molecule has 1 aromatic carbocycles. The maximum atomic E-state index is 14.1. The SMILES string of the molecule is N#Cc1cccc(-c2nc(N)c3nn(Cc4ncccc4F)nc3c2-c2ccncc2)c1.O=C([O-])[O-].[Cs+].[Cs+]. The summed E-state index contributed by atoms with van der Waals surface area (Å²) in [6.45, 7) is 0.0375. The molecule has 0 fully saturated rings. The quantitative estimate of drug-likeness (QED) is 0.187. The van der Waals surface area contributed by atoms with Gasteiger partial charge < -0.3 is 20.7 Å². The standard InChI is InChI=1S/C23H15FN8.CH2O3.2Cs/c24-17-5-2-8-28-18(17)13-32-30-21-19(15-6-9-27-10-7-15)20(29-23(26)22(21)31-32)16-4-1-3-14(11-16)12-25;2-1(3)4;;/h1-11H,13H2,(H2,26,29);(H2,2,3,4);;/q;;2*+1/p-2. The van der Waals surface area contributed by atoms with E-state index in [2.05, 4.69) is 31.2 Å². The summed E-state index contributed by atoms with van der Waals surface area (Å²) in [7, 11) is 0. The van der Waals surface area contributed by atoms with Crippen LogP contribution in [0.15, 0.2) is 67.1 Å². The van der Waals surface area contributed by atoms with E-state index in [1.807, 2.05) is 18.2 Å². The second-order valence-corrected chi connectivity index (χ2v) is 7.26. The molecule has 0 aliphatic carbocycles. The molecular weight excluding hydrogens is 733 g/mol. The Kier molecular flexibility index (Phi) is 13.4. The van der Waals surface area contributed by atoms with Crippen molar-refractivity contribution in [2.45, 2.75) is 6.54 Å². The molecule has 0 bridgehead atoms. The number of aromatic nitrogens is 6. The fourth-order valence-electron chi connectivity index (χ4n) is 3.51. The van der Waals surface area contributed by atoms with Gasteiger partial charge >= 0.3 is 138 Å². The fraction of sp³-hybridized carbons (Fsp3) is 0.0417. The average Bonchev–Trinajstić information content (AvgIpc) is 3.30. The summed E-state index contributed by atoms with van der Waals surface area (Å²) in [5, 5.41) is 35.0. The summed E-state index contributed by atoms with van der Waals surface area (Å²) in [4.78, 5) is 22.5. The van der Waals surface area contributed by atoms with Gasteiger partial charge in [0.2, 0.25) is 0 Å². The number of nitriles is 1. The number of pyridine rings is 3. The molecule has 5 rings (SSSR count). The van der Waals surface area contributed by atoms with Crippen LogP contribution >= 0.6 is 0 Å². The predicted molar refractivity (Wildman–Crippen MR) is 122 cm³/mol. The Labute approximate surface area is 333 Å². The van der Waals surface area contributed by atoms with Crippen LogP contribution in [0.4, 0.5) is 15.0 Å². The summed E-state index contributed by atoms with van der Waals surface area (Å²) in [5.41, 5.74) is 10.7. The van der Waals surface area contributed by atoms with Crippen LogP contribution in [-0.2, 0) is 6.54 Å². The number of anilines is 1. The fourth-order valence-corrected chi connectivity index (χ4v) is 3.51. The maximum absolute atomic E-state index is 14.1. The number of carbonyl (C=O) groups excluding carboxylic acids is 1. The molecule has 2 N–H and O–H groups in total. The molecule has 0 saturated carbocycles. The van der Waals surface area contributed by atoms with E-state index in [0.29, 0.717) is 27.9 Å². The van der Waals surface area contributed by atoms with E-state index in [0.717, 1.165) is 11.1 Å². The van der Waals surface area contributed by atoms with Crippen molar-refractivity contribution < 1.29 is 157 Å². The van der Waals surface area contributed by atoms with Crippen LogP contribution in [0.5, 0.6) is 0 Å². The van der Waals surface area contributed by atoms with Crippen molar-refractivity contribution in [2.24, 2.45) is 0 Å².